The maximum absolute atomic E-state index is 5.59. The fourth-order valence-corrected chi connectivity index (χ4v) is 11.0. The summed E-state index contributed by atoms with van der Waals surface area (Å²) in [7, 11) is 0. The van der Waals surface area contributed by atoms with Crippen LogP contribution in [0.5, 0.6) is 0 Å². The molecule has 11 rings (SSSR count). The molecule has 2 aliphatic heterocycles. The molecule has 3 aliphatic rings. The van der Waals surface area contributed by atoms with E-state index in [2.05, 4.69) is 188 Å². The van der Waals surface area contributed by atoms with Crippen molar-refractivity contribution in [2.45, 2.75) is 39.7 Å². The fourth-order valence-electron chi connectivity index (χ4n) is 8.74. The highest BCUT2D eigenvalue weighted by Crippen LogP contribution is 2.52. The molecule has 0 fully saturated rings. The molecule has 1 aliphatic carbocycles. The zero-order valence-corrected chi connectivity index (χ0v) is 31.5. The van der Waals surface area contributed by atoms with Gasteiger partial charge in [-0.25, -0.2) is 4.99 Å². The van der Waals surface area contributed by atoms with Crippen molar-refractivity contribution < 1.29 is 0 Å². The van der Waals surface area contributed by atoms with Crippen LogP contribution >= 0.6 is 23.5 Å². The van der Waals surface area contributed by atoms with Crippen molar-refractivity contribution in [2.24, 2.45) is 10.4 Å². The Hall–Kier alpha value is -5.75. The lowest BCUT2D eigenvalue weighted by atomic mass is 9.76. The summed E-state index contributed by atoms with van der Waals surface area (Å²) in [6.45, 7) is 4.67. The number of nitrogens with zero attached hydrogens (tertiary/aromatic N) is 2. The number of benzene rings is 7. The van der Waals surface area contributed by atoms with Gasteiger partial charge in [-0.15, -0.1) is 0 Å². The van der Waals surface area contributed by atoms with Gasteiger partial charge in [0.25, 0.3) is 0 Å². The molecular weight excluding hydrogens is 695 g/mol. The van der Waals surface area contributed by atoms with Gasteiger partial charge >= 0.3 is 0 Å². The number of rotatable bonds is 4. The Balaban J connectivity index is 1.11. The predicted molar refractivity (Wildman–Crippen MR) is 228 cm³/mol. The third-order valence-electron chi connectivity index (χ3n) is 11.3. The highest BCUT2D eigenvalue weighted by molar-refractivity contribution is 8.05. The van der Waals surface area contributed by atoms with E-state index >= 15 is 0 Å². The second-order valence-corrected chi connectivity index (χ2v) is 17.0. The first-order valence-corrected chi connectivity index (χ1v) is 20.1. The molecule has 0 bridgehead atoms. The van der Waals surface area contributed by atoms with Crippen molar-refractivity contribution in [3.05, 3.63) is 181 Å². The highest BCUT2D eigenvalue weighted by Gasteiger charge is 2.42. The van der Waals surface area contributed by atoms with Gasteiger partial charge in [-0.05, 0) is 87.1 Å². The molecule has 0 saturated carbocycles. The van der Waals surface area contributed by atoms with Gasteiger partial charge in [-0.3, -0.25) is 0 Å². The molecule has 0 radical (unpaired) electrons. The quantitative estimate of drug-likeness (QED) is 0.196. The van der Waals surface area contributed by atoms with Crippen LogP contribution in [0.2, 0.25) is 0 Å². The second-order valence-electron chi connectivity index (χ2n) is 14.8. The van der Waals surface area contributed by atoms with Crippen LogP contribution in [0.3, 0.4) is 0 Å². The maximum atomic E-state index is 5.59. The Bertz CT molecular complexity index is 2930. The minimum Gasteiger partial charge on any atom is -0.346 e. The van der Waals surface area contributed by atoms with Crippen molar-refractivity contribution in [3.8, 4) is 11.1 Å². The van der Waals surface area contributed by atoms with Gasteiger partial charge in [-0.2, -0.15) is 0 Å². The van der Waals surface area contributed by atoms with Gasteiger partial charge in [0.05, 0.1) is 22.4 Å². The molecule has 1 aromatic heterocycles. The van der Waals surface area contributed by atoms with Gasteiger partial charge in [0, 0.05) is 41.3 Å². The van der Waals surface area contributed by atoms with Gasteiger partial charge in [-0.1, -0.05) is 153 Å². The number of aliphatic imine (C=N–C) groups is 1. The average Bonchev–Trinajstić information content (AvgIpc) is 3.70. The fraction of sp³-hybridized carbons (Fsp3) is 0.0816. The van der Waals surface area contributed by atoms with Crippen LogP contribution in [0.15, 0.2) is 194 Å². The van der Waals surface area contributed by atoms with Crippen LogP contribution in [0.4, 0.5) is 0 Å². The average molecular weight is 730 g/mol. The number of allylic oxidation sites excluding steroid dienone is 3. The van der Waals surface area contributed by atoms with Crippen molar-refractivity contribution in [1.29, 1.82) is 0 Å². The van der Waals surface area contributed by atoms with Crippen molar-refractivity contribution in [1.82, 2.24) is 9.88 Å². The van der Waals surface area contributed by atoms with Crippen LogP contribution < -0.4 is 5.32 Å². The van der Waals surface area contributed by atoms with Gasteiger partial charge in [0.1, 0.15) is 0 Å². The van der Waals surface area contributed by atoms with Crippen molar-refractivity contribution in [2.75, 3.05) is 0 Å². The molecule has 7 aromatic carbocycles. The molecule has 0 spiro atoms. The summed E-state index contributed by atoms with van der Waals surface area (Å²) in [4.78, 5) is 10.9. The number of hydrogen-bond donors (Lipinski definition) is 1. The van der Waals surface area contributed by atoms with Crippen LogP contribution in [-0.2, 0) is 0 Å². The largest absolute Gasteiger partial charge is 0.346 e. The SMILES string of the molecule is CC1(C)C(c2ccccc2)=CC2=NC(n3c4ccc(-c5ccc6c(c5)Sc5ccccc5S6)cc4c4c5ccccc5ccc43)NC(c3ccccc3)=C21. The maximum Gasteiger partial charge on any atom is 0.201 e. The molecule has 1 unspecified atom stereocenters. The third kappa shape index (κ3) is 4.88. The highest BCUT2D eigenvalue weighted by atomic mass is 32.2. The van der Waals surface area contributed by atoms with Gasteiger partial charge < -0.3 is 9.88 Å². The Morgan fingerprint density at radius 3 is 1.98 bits per heavy atom. The third-order valence-corrected chi connectivity index (χ3v) is 13.8. The zero-order valence-electron chi connectivity index (χ0n) is 29.9. The summed E-state index contributed by atoms with van der Waals surface area (Å²) in [5.41, 5.74) is 11.6. The molecule has 54 heavy (non-hydrogen) atoms. The summed E-state index contributed by atoms with van der Waals surface area (Å²) in [6, 6.07) is 57.5. The summed E-state index contributed by atoms with van der Waals surface area (Å²) >= 11 is 3.73. The first-order valence-electron chi connectivity index (χ1n) is 18.5. The molecule has 258 valence electrons. The first-order chi connectivity index (χ1) is 26.5. The lowest BCUT2D eigenvalue weighted by Gasteiger charge is -2.33. The van der Waals surface area contributed by atoms with E-state index in [1.165, 1.54) is 74.5 Å². The van der Waals surface area contributed by atoms with Crippen molar-refractivity contribution >= 4 is 73.1 Å². The summed E-state index contributed by atoms with van der Waals surface area (Å²) in [5, 5.41) is 8.98. The number of hydrogen-bond acceptors (Lipinski definition) is 4. The van der Waals surface area contributed by atoms with E-state index in [0.29, 0.717) is 0 Å². The molecule has 8 aromatic rings. The normalized spacial score (nSPS) is 17.2. The number of fused-ring (bicyclic) bond motifs is 8. The van der Waals surface area contributed by atoms with Crippen LogP contribution in [0.1, 0.15) is 31.3 Å². The van der Waals surface area contributed by atoms with E-state index in [4.69, 9.17) is 4.99 Å². The van der Waals surface area contributed by atoms with E-state index < -0.39 is 0 Å². The number of nitrogens with one attached hydrogen (secondary N) is 1. The molecule has 3 heterocycles. The predicted octanol–water partition coefficient (Wildman–Crippen LogP) is 13.3. The van der Waals surface area contributed by atoms with E-state index in [1.807, 2.05) is 23.5 Å². The first kappa shape index (κ1) is 31.7. The minimum atomic E-state index is -0.356. The van der Waals surface area contributed by atoms with E-state index in [0.717, 1.165) is 22.4 Å². The van der Waals surface area contributed by atoms with Crippen molar-refractivity contribution in [3.63, 3.8) is 0 Å². The van der Waals surface area contributed by atoms with Gasteiger partial charge in [0.15, 0.2) is 0 Å². The van der Waals surface area contributed by atoms with E-state index in [1.54, 1.807) is 0 Å². The molecule has 0 amide bonds. The van der Waals surface area contributed by atoms with E-state index in [-0.39, 0.29) is 11.7 Å². The zero-order chi connectivity index (χ0) is 36.0. The summed E-state index contributed by atoms with van der Waals surface area (Å²) in [6.07, 6.45) is 1.97. The molecule has 5 heteroatoms. The summed E-state index contributed by atoms with van der Waals surface area (Å²) in [5.74, 6) is 0. The van der Waals surface area contributed by atoms with Crippen LogP contribution in [0, 0.1) is 5.41 Å². The van der Waals surface area contributed by atoms with Crippen LogP contribution in [0.25, 0.3) is 55.0 Å². The van der Waals surface area contributed by atoms with E-state index in [9.17, 15) is 0 Å². The Morgan fingerprint density at radius 2 is 1.19 bits per heavy atom. The smallest absolute Gasteiger partial charge is 0.201 e. The Labute approximate surface area is 323 Å². The lowest BCUT2D eigenvalue weighted by molar-refractivity contribution is 0.498. The monoisotopic (exact) mass is 729 g/mol. The molecular formula is C49H35N3S2. The number of aromatic nitrogens is 1. The summed E-state index contributed by atoms with van der Waals surface area (Å²) < 4.78 is 2.42. The lowest BCUT2D eigenvalue weighted by Crippen LogP contribution is -2.33. The van der Waals surface area contributed by atoms with Gasteiger partial charge in [0.2, 0.25) is 6.29 Å². The Kier molecular flexibility index (Phi) is 7.14. The second kappa shape index (κ2) is 12.1. The minimum absolute atomic E-state index is 0.247. The topological polar surface area (TPSA) is 29.3 Å². The standard InChI is InChI=1S/C49H35N3S2/c1-49(2)37(31-14-5-3-6-15-31)29-38-46(49)47(32-16-7-4-8-17-32)51-48(50-38)52-39-24-22-33(27-36(39)45-35-18-10-9-13-30(35)21-25-40(45)52)34-23-26-43-44(28-34)54-42-20-12-11-19-41(42)53-43/h3-29,48,51H,1-2H3. The Morgan fingerprint density at radius 1 is 0.556 bits per heavy atom. The molecule has 3 nitrogen and oxygen atoms in total. The molecule has 0 saturated heterocycles. The molecule has 1 N–H and O–H groups in total. The molecule has 1 atom stereocenters. The van der Waals surface area contributed by atoms with Crippen LogP contribution in [-0.4, -0.2) is 10.3 Å².